The highest BCUT2D eigenvalue weighted by atomic mass is 16.3. The molecule has 4 saturated carbocycles. The molecule has 2 nitrogen and oxygen atoms in total. The lowest BCUT2D eigenvalue weighted by Crippen LogP contribution is -2.63. The van der Waals surface area contributed by atoms with Crippen LogP contribution in [0.3, 0.4) is 0 Å². The molecular formula is C12H20O2. The molecule has 0 heterocycles. The maximum absolute atomic E-state index is 10.6. The smallest absolute Gasteiger partial charge is 0.0703 e. The summed E-state index contributed by atoms with van der Waals surface area (Å²) in [7, 11) is 0. The van der Waals surface area contributed by atoms with E-state index in [4.69, 9.17) is 0 Å². The molecule has 0 aromatic carbocycles. The fourth-order valence-corrected chi connectivity index (χ4v) is 4.61. The average molecular weight is 196 g/mol. The van der Waals surface area contributed by atoms with Gasteiger partial charge in [-0.2, -0.15) is 0 Å². The normalized spacial score (nSPS) is 60.6. The van der Waals surface area contributed by atoms with Crippen LogP contribution in [-0.2, 0) is 0 Å². The highest BCUT2D eigenvalue weighted by Gasteiger charge is 2.60. The average Bonchev–Trinajstić information content (AvgIpc) is 2.11. The van der Waals surface area contributed by atoms with Gasteiger partial charge in [-0.05, 0) is 56.3 Å². The summed E-state index contributed by atoms with van der Waals surface area (Å²) in [6.45, 7) is 2.09. The fourth-order valence-electron chi connectivity index (χ4n) is 4.61. The molecule has 2 atom stereocenters. The Labute approximate surface area is 85.3 Å². The second-order valence-electron chi connectivity index (χ2n) is 5.91. The monoisotopic (exact) mass is 196 g/mol. The lowest BCUT2D eigenvalue weighted by molar-refractivity contribution is -0.227. The van der Waals surface area contributed by atoms with Crippen LogP contribution in [-0.4, -0.2) is 21.4 Å². The van der Waals surface area contributed by atoms with E-state index in [0.717, 1.165) is 38.5 Å². The molecule has 4 rings (SSSR count). The van der Waals surface area contributed by atoms with Crippen LogP contribution in [0, 0.1) is 17.8 Å². The van der Waals surface area contributed by atoms with Crippen LogP contribution in [0.15, 0.2) is 0 Å². The Morgan fingerprint density at radius 1 is 1.07 bits per heavy atom. The van der Waals surface area contributed by atoms with Crippen LogP contribution >= 0.6 is 0 Å². The summed E-state index contributed by atoms with van der Waals surface area (Å²) in [6, 6.07) is 0. The molecule has 0 saturated heterocycles. The number of aliphatic hydroxyl groups is 2. The third-order valence-electron chi connectivity index (χ3n) is 5.14. The van der Waals surface area contributed by atoms with Gasteiger partial charge in [-0.3, -0.25) is 0 Å². The zero-order chi connectivity index (χ0) is 9.97. The van der Waals surface area contributed by atoms with Crippen LogP contribution in [0.5, 0.6) is 0 Å². The Morgan fingerprint density at radius 2 is 1.64 bits per heavy atom. The summed E-state index contributed by atoms with van der Waals surface area (Å²) in [4.78, 5) is 0. The number of rotatable bonds is 1. The highest BCUT2D eigenvalue weighted by Crippen LogP contribution is 2.60. The van der Waals surface area contributed by atoms with E-state index in [2.05, 4.69) is 6.92 Å². The lowest BCUT2D eigenvalue weighted by atomic mass is 9.48. The van der Waals surface area contributed by atoms with Crippen molar-refractivity contribution in [3.8, 4) is 0 Å². The summed E-state index contributed by atoms with van der Waals surface area (Å²) in [5.74, 6) is 1.46. The van der Waals surface area contributed by atoms with E-state index in [1.807, 2.05) is 0 Å². The van der Waals surface area contributed by atoms with Crippen molar-refractivity contribution < 1.29 is 10.2 Å². The van der Waals surface area contributed by atoms with E-state index in [-0.39, 0.29) is 0 Å². The molecule has 0 aromatic rings. The maximum atomic E-state index is 10.6. The van der Waals surface area contributed by atoms with Crippen LogP contribution in [0.4, 0.5) is 0 Å². The van der Waals surface area contributed by atoms with Crippen molar-refractivity contribution in [2.24, 2.45) is 17.8 Å². The number of hydrogen-bond acceptors (Lipinski definition) is 2. The molecule has 4 aliphatic rings. The van der Waals surface area contributed by atoms with Crippen LogP contribution < -0.4 is 0 Å². The molecule has 2 unspecified atom stereocenters. The fraction of sp³-hybridized carbons (Fsp3) is 1.00. The van der Waals surface area contributed by atoms with Gasteiger partial charge in [-0.25, -0.2) is 0 Å². The first kappa shape index (κ1) is 9.17. The van der Waals surface area contributed by atoms with E-state index in [1.165, 1.54) is 0 Å². The van der Waals surface area contributed by atoms with Crippen LogP contribution in [0.2, 0.25) is 0 Å². The van der Waals surface area contributed by atoms with Crippen molar-refractivity contribution in [3.63, 3.8) is 0 Å². The van der Waals surface area contributed by atoms with Gasteiger partial charge in [-0.1, -0.05) is 6.92 Å². The Balaban J connectivity index is 1.96. The zero-order valence-electron chi connectivity index (χ0n) is 8.87. The first-order valence-electron chi connectivity index (χ1n) is 6.00. The summed E-state index contributed by atoms with van der Waals surface area (Å²) < 4.78 is 0. The number of hydrogen-bond donors (Lipinski definition) is 2. The molecular weight excluding hydrogens is 176 g/mol. The Bertz CT molecular complexity index is 245. The second-order valence-corrected chi connectivity index (χ2v) is 5.91. The van der Waals surface area contributed by atoms with Gasteiger partial charge >= 0.3 is 0 Å². The summed E-state index contributed by atoms with van der Waals surface area (Å²) in [5, 5.41) is 20.9. The minimum atomic E-state index is -0.441. The molecule has 2 heteroatoms. The van der Waals surface area contributed by atoms with Crippen molar-refractivity contribution in [3.05, 3.63) is 0 Å². The van der Waals surface area contributed by atoms with Crippen molar-refractivity contribution in [2.75, 3.05) is 0 Å². The van der Waals surface area contributed by atoms with Crippen LogP contribution in [0.25, 0.3) is 0 Å². The molecule has 4 bridgehead atoms. The van der Waals surface area contributed by atoms with Crippen molar-refractivity contribution in [1.29, 1.82) is 0 Å². The molecule has 2 N–H and O–H groups in total. The first-order valence-corrected chi connectivity index (χ1v) is 6.00. The van der Waals surface area contributed by atoms with Crippen molar-refractivity contribution in [1.82, 2.24) is 0 Å². The molecule has 0 aliphatic heterocycles. The minimum Gasteiger partial charge on any atom is -0.390 e. The van der Waals surface area contributed by atoms with E-state index < -0.39 is 11.2 Å². The van der Waals surface area contributed by atoms with Gasteiger partial charge in [-0.15, -0.1) is 0 Å². The third-order valence-corrected chi connectivity index (χ3v) is 5.14. The summed E-state index contributed by atoms with van der Waals surface area (Å²) in [5.41, 5.74) is -0.846. The summed E-state index contributed by atoms with van der Waals surface area (Å²) >= 11 is 0. The van der Waals surface area contributed by atoms with Gasteiger partial charge in [0.05, 0.1) is 11.2 Å². The zero-order valence-corrected chi connectivity index (χ0v) is 8.87. The van der Waals surface area contributed by atoms with Gasteiger partial charge < -0.3 is 10.2 Å². The van der Waals surface area contributed by atoms with Gasteiger partial charge in [0.15, 0.2) is 0 Å². The van der Waals surface area contributed by atoms with Gasteiger partial charge in [0, 0.05) is 0 Å². The second kappa shape index (κ2) is 2.53. The predicted molar refractivity (Wildman–Crippen MR) is 53.7 cm³/mol. The Hall–Kier alpha value is -0.0800. The van der Waals surface area contributed by atoms with Crippen molar-refractivity contribution in [2.45, 2.75) is 56.7 Å². The molecule has 4 fully saturated rings. The van der Waals surface area contributed by atoms with Gasteiger partial charge in [0.1, 0.15) is 0 Å². The maximum Gasteiger partial charge on any atom is 0.0703 e. The standard InChI is InChI=1S/C12H20O2/c1-2-12(14)9-3-8-4-10(12)7-11(13,5-8)6-9/h8-10,13-14H,2-7H2,1H3. The first-order chi connectivity index (χ1) is 6.56. The van der Waals surface area contributed by atoms with Crippen molar-refractivity contribution >= 4 is 0 Å². The highest BCUT2D eigenvalue weighted by molar-refractivity contribution is 5.11. The minimum absolute atomic E-state index is 0.378. The molecule has 0 spiro atoms. The third kappa shape index (κ3) is 0.989. The molecule has 14 heavy (non-hydrogen) atoms. The SMILES string of the molecule is CCC1(O)C2CC3CC1CC(O)(C3)C2. The molecule has 0 amide bonds. The summed E-state index contributed by atoms with van der Waals surface area (Å²) in [6.07, 6.45) is 5.88. The topological polar surface area (TPSA) is 40.5 Å². The van der Waals surface area contributed by atoms with Gasteiger partial charge in [0.2, 0.25) is 0 Å². The predicted octanol–water partition coefficient (Wildman–Crippen LogP) is 1.70. The van der Waals surface area contributed by atoms with Crippen LogP contribution in [0.1, 0.15) is 45.4 Å². The molecule has 4 aliphatic carbocycles. The Kier molecular flexibility index (Phi) is 1.66. The van der Waals surface area contributed by atoms with E-state index >= 15 is 0 Å². The quantitative estimate of drug-likeness (QED) is 0.670. The van der Waals surface area contributed by atoms with E-state index in [1.54, 1.807) is 0 Å². The lowest BCUT2D eigenvalue weighted by Gasteiger charge is -2.61. The van der Waals surface area contributed by atoms with E-state index in [9.17, 15) is 10.2 Å². The largest absolute Gasteiger partial charge is 0.390 e. The van der Waals surface area contributed by atoms with E-state index in [0.29, 0.717) is 17.8 Å². The Morgan fingerprint density at radius 3 is 2.07 bits per heavy atom. The van der Waals surface area contributed by atoms with Gasteiger partial charge in [0.25, 0.3) is 0 Å². The molecule has 0 radical (unpaired) electrons. The molecule has 0 aromatic heterocycles. The molecule has 80 valence electrons.